The first-order valence-electron chi connectivity index (χ1n) is 8.55. The Morgan fingerprint density at radius 3 is 2.00 bits per heavy atom. The minimum absolute atomic E-state index is 0.115. The smallest absolute Gasteiger partial charge is 0.226 e. The van der Waals surface area contributed by atoms with Gasteiger partial charge in [-0.2, -0.15) is 0 Å². The van der Waals surface area contributed by atoms with Gasteiger partial charge >= 0.3 is 0 Å². The molecular formula is C22H15FN2O2S. The second-order valence-electron chi connectivity index (χ2n) is 6.10. The van der Waals surface area contributed by atoms with E-state index in [2.05, 4.69) is 9.97 Å². The van der Waals surface area contributed by atoms with Gasteiger partial charge in [0.25, 0.3) is 0 Å². The number of sulfone groups is 1. The fourth-order valence-corrected chi connectivity index (χ4v) is 4.11. The van der Waals surface area contributed by atoms with Gasteiger partial charge in [0.05, 0.1) is 15.9 Å². The molecule has 0 atom stereocenters. The molecule has 3 aromatic carbocycles. The molecule has 0 aliphatic rings. The van der Waals surface area contributed by atoms with E-state index in [-0.39, 0.29) is 21.4 Å². The Bertz CT molecular complexity index is 1270. The molecule has 0 saturated carbocycles. The van der Waals surface area contributed by atoms with Crippen LogP contribution in [0.2, 0.25) is 0 Å². The molecule has 0 N–H and O–H groups in total. The number of hydrogen-bond acceptors (Lipinski definition) is 4. The van der Waals surface area contributed by atoms with Gasteiger partial charge < -0.3 is 0 Å². The predicted octanol–water partition coefficient (Wildman–Crippen LogP) is 4.77. The van der Waals surface area contributed by atoms with Crippen molar-refractivity contribution in [3.05, 3.63) is 95.9 Å². The summed E-state index contributed by atoms with van der Waals surface area (Å²) in [6, 6.07) is 21.1. The lowest BCUT2D eigenvalue weighted by atomic mass is 10.2. The molecule has 1 aromatic heterocycles. The Kier molecular flexibility index (Phi) is 4.71. The van der Waals surface area contributed by atoms with Crippen molar-refractivity contribution in [1.29, 1.82) is 0 Å². The molecular weight excluding hydrogens is 375 g/mol. The molecule has 0 spiro atoms. The summed E-state index contributed by atoms with van der Waals surface area (Å²) in [5.41, 5.74) is 2.04. The first-order chi connectivity index (χ1) is 13.5. The van der Waals surface area contributed by atoms with E-state index in [1.54, 1.807) is 60.7 Å². The van der Waals surface area contributed by atoms with Crippen molar-refractivity contribution < 1.29 is 12.8 Å². The van der Waals surface area contributed by atoms with E-state index >= 15 is 0 Å². The number of para-hydroxylation sites is 2. The number of nitrogens with zero attached hydrogens (tertiary/aromatic N) is 2. The fraction of sp³-hybridized carbons (Fsp3) is 0. The van der Waals surface area contributed by atoms with E-state index in [0.29, 0.717) is 11.0 Å². The molecule has 6 heteroatoms. The molecule has 0 amide bonds. The van der Waals surface area contributed by atoms with Crippen LogP contribution >= 0.6 is 0 Å². The summed E-state index contributed by atoms with van der Waals surface area (Å²) in [6.07, 6.45) is 3.27. The summed E-state index contributed by atoms with van der Waals surface area (Å²) in [5.74, 6) is -0.338. The maximum atomic E-state index is 13.2. The van der Waals surface area contributed by atoms with E-state index in [1.807, 2.05) is 6.07 Å². The quantitative estimate of drug-likeness (QED) is 0.503. The highest BCUT2D eigenvalue weighted by Crippen LogP contribution is 2.25. The second-order valence-corrected chi connectivity index (χ2v) is 7.97. The van der Waals surface area contributed by atoms with Gasteiger partial charge in [0.2, 0.25) is 9.84 Å². The number of rotatable bonds is 4. The maximum absolute atomic E-state index is 13.2. The molecule has 0 fully saturated rings. The maximum Gasteiger partial charge on any atom is 0.226 e. The van der Waals surface area contributed by atoms with Gasteiger partial charge in [0.15, 0.2) is 5.03 Å². The zero-order valence-corrected chi connectivity index (χ0v) is 15.5. The molecule has 0 radical (unpaired) electrons. The van der Waals surface area contributed by atoms with Crippen LogP contribution in [0.5, 0.6) is 0 Å². The Balaban J connectivity index is 1.89. The van der Waals surface area contributed by atoms with Crippen molar-refractivity contribution in [2.24, 2.45) is 0 Å². The lowest BCUT2D eigenvalue weighted by Crippen LogP contribution is -2.08. The SMILES string of the molecule is O=S(=O)(c1ccccc1)c1nc2ccccc2nc1C=Cc1ccc(F)cc1. The van der Waals surface area contributed by atoms with Crippen LogP contribution in [0.1, 0.15) is 11.3 Å². The monoisotopic (exact) mass is 390 g/mol. The fourth-order valence-electron chi connectivity index (χ4n) is 2.76. The lowest BCUT2D eigenvalue weighted by molar-refractivity contribution is 0.592. The Hall–Kier alpha value is -3.38. The summed E-state index contributed by atoms with van der Waals surface area (Å²) < 4.78 is 39.4. The summed E-state index contributed by atoms with van der Waals surface area (Å²) >= 11 is 0. The number of aromatic nitrogens is 2. The number of fused-ring (bicyclic) bond motifs is 1. The Labute approximate surface area is 161 Å². The number of hydrogen-bond donors (Lipinski definition) is 0. The van der Waals surface area contributed by atoms with Gasteiger partial charge in [-0.25, -0.2) is 22.8 Å². The van der Waals surface area contributed by atoms with Gasteiger partial charge in [0, 0.05) is 0 Å². The topological polar surface area (TPSA) is 59.9 Å². The molecule has 0 bridgehead atoms. The summed E-state index contributed by atoms with van der Waals surface area (Å²) in [5, 5.41) is -0.115. The summed E-state index contributed by atoms with van der Waals surface area (Å²) in [4.78, 5) is 9.03. The third-order valence-corrected chi connectivity index (χ3v) is 5.88. The van der Waals surface area contributed by atoms with Crippen LogP contribution in [-0.4, -0.2) is 18.4 Å². The van der Waals surface area contributed by atoms with Crippen LogP contribution in [0, 0.1) is 5.82 Å². The van der Waals surface area contributed by atoms with E-state index in [1.165, 1.54) is 24.3 Å². The van der Waals surface area contributed by atoms with Gasteiger partial charge in [-0.1, -0.05) is 48.5 Å². The molecule has 138 valence electrons. The van der Waals surface area contributed by atoms with E-state index in [4.69, 9.17) is 0 Å². The molecule has 4 rings (SSSR count). The minimum Gasteiger partial charge on any atom is -0.244 e. The van der Waals surface area contributed by atoms with Crippen molar-refractivity contribution in [1.82, 2.24) is 9.97 Å². The zero-order chi connectivity index (χ0) is 19.6. The third kappa shape index (κ3) is 3.54. The molecule has 4 aromatic rings. The van der Waals surface area contributed by atoms with Crippen LogP contribution < -0.4 is 0 Å². The molecule has 0 saturated heterocycles. The highest BCUT2D eigenvalue weighted by Gasteiger charge is 2.23. The van der Waals surface area contributed by atoms with Crippen molar-refractivity contribution >= 4 is 33.0 Å². The van der Waals surface area contributed by atoms with Crippen molar-refractivity contribution in [2.45, 2.75) is 9.92 Å². The van der Waals surface area contributed by atoms with Gasteiger partial charge in [-0.15, -0.1) is 0 Å². The van der Waals surface area contributed by atoms with Crippen LogP contribution in [0.3, 0.4) is 0 Å². The molecule has 28 heavy (non-hydrogen) atoms. The Morgan fingerprint density at radius 1 is 0.714 bits per heavy atom. The van der Waals surface area contributed by atoms with Gasteiger partial charge in [0.1, 0.15) is 11.5 Å². The first kappa shape index (κ1) is 18.0. The molecule has 0 aliphatic heterocycles. The van der Waals surface area contributed by atoms with Gasteiger partial charge in [-0.05, 0) is 48.0 Å². The Morgan fingerprint density at radius 2 is 1.32 bits per heavy atom. The second kappa shape index (κ2) is 7.32. The van der Waals surface area contributed by atoms with Crippen molar-refractivity contribution in [2.75, 3.05) is 0 Å². The van der Waals surface area contributed by atoms with Crippen LogP contribution in [0.15, 0.2) is 88.8 Å². The average molecular weight is 390 g/mol. The summed E-state index contributed by atoms with van der Waals surface area (Å²) in [6.45, 7) is 0. The molecule has 1 heterocycles. The average Bonchev–Trinajstić information content (AvgIpc) is 2.73. The molecule has 4 nitrogen and oxygen atoms in total. The number of halogens is 1. The molecule has 0 aliphatic carbocycles. The third-order valence-electron chi connectivity index (χ3n) is 4.18. The van der Waals surface area contributed by atoms with Crippen LogP contribution in [-0.2, 0) is 9.84 Å². The van der Waals surface area contributed by atoms with Crippen molar-refractivity contribution in [3.63, 3.8) is 0 Å². The highest BCUT2D eigenvalue weighted by molar-refractivity contribution is 7.91. The van der Waals surface area contributed by atoms with Crippen molar-refractivity contribution in [3.8, 4) is 0 Å². The highest BCUT2D eigenvalue weighted by atomic mass is 32.2. The van der Waals surface area contributed by atoms with Gasteiger partial charge in [-0.3, -0.25) is 0 Å². The number of benzene rings is 3. The van der Waals surface area contributed by atoms with Crippen LogP contribution in [0.4, 0.5) is 4.39 Å². The minimum atomic E-state index is -3.86. The normalized spacial score (nSPS) is 11.9. The van der Waals surface area contributed by atoms with E-state index in [9.17, 15) is 12.8 Å². The van der Waals surface area contributed by atoms with E-state index in [0.717, 1.165) is 5.56 Å². The predicted molar refractivity (Wildman–Crippen MR) is 107 cm³/mol. The summed E-state index contributed by atoms with van der Waals surface area (Å²) in [7, 11) is -3.86. The molecule has 0 unspecified atom stereocenters. The first-order valence-corrected chi connectivity index (χ1v) is 10.0. The zero-order valence-electron chi connectivity index (χ0n) is 14.7. The lowest BCUT2D eigenvalue weighted by Gasteiger charge is -2.08. The van der Waals surface area contributed by atoms with Crippen LogP contribution in [0.25, 0.3) is 23.2 Å². The standard InChI is InChI=1S/C22H15FN2O2S/c23-17-13-10-16(11-14-17)12-15-21-22(25-20-9-5-4-8-19(20)24-21)28(26,27)18-6-2-1-3-7-18/h1-15H. The van der Waals surface area contributed by atoms with E-state index < -0.39 is 9.84 Å². The largest absolute Gasteiger partial charge is 0.244 e.